The number of rotatable bonds is 3. The van der Waals surface area contributed by atoms with Gasteiger partial charge in [0.05, 0.1) is 0 Å². The van der Waals surface area contributed by atoms with Crippen LogP contribution in [0.25, 0.3) is 0 Å². The van der Waals surface area contributed by atoms with Crippen molar-refractivity contribution in [3.63, 3.8) is 0 Å². The lowest BCUT2D eigenvalue weighted by Crippen LogP contribution is -2.36. The summed E-state index contributed by atoms with van der Waals surface area (Å²) in [6.45, 7) is 0. The molecule has 0 atom stereocenters. The van der Waals surface area contributed by atoms with Crippen molar-refractivity contribution < 1.29 is 17.2 Å². The normalized spacial score (nSPS) is 12.1. The van der Waals surface area contributed by atoms with Crippen LogP contribution in [0.1, 0.15) is 0 Å². The quantitative estimate of drug-likeness (QED) is 0.598. The molecule has 1 aromatic rings. The third kappa shape index (κ3) is 2.65. The predicted molar refractivity (Wildman–Crippen MR) is 54.8 cm³/mol. The minimum absolute atomic E-state index is 0.168. The van der Waals surface area contributed by atoms with E-state index in [2.05, 4.69) is 0 Å². The van der Waals surface area contributed by atoms with Gasteiger partial charge >= 0.3 is 0 Å². The Morgan fingerprint density at radius 3 is 2.38 bits per heavy atom. The topological polar surface area (TPSA) is 75.4 Å². The number of benzene rings is 1. The molecule has 0 aromatic heterocycles. The van der Waals surface area contributed by atoms with Gasteiger partial charge in [0.2, 0.25) is 0 Å². The fourth-order valence-corrected chi connectivity index (χ4v) is 2.27. The number of hydrogen-bond acceptors (Lipinski definition) is 4. The van der Waals surface area contributed by atoms with Crippen LogP contribution in [-0.2, 0) is 10.0 Å². The number of nitrogens with zero attached hydrogens (tertiary/aromatic N) is 1. The molecule has 0 amide bonds. The minimum atomic E-state index is -4.15. The standard InChI is InChI=1S/C8H11F2N3O2S/c1-13(2)12-16(14,15)7-4-5(11)3-6(9)8(7)10/h3-4,12H,11H2,1-2H3. The fourth-order valence-electron chi connectivity index (χ4n) is 1.07. The van der Waals surface area contributed by atoms with Crippen molar-refractivity contribution >= 4 is 15.7 Å². The van der Waals surface area contributed by atoms with E-state index in [-0.39, 0.29) is 5.69 Å². The van der Waals surface area contributed by atoms with Crippen LogP contribution in [0, 0.1) is 11.6 Å². The Morgan fingerprint density at radius 1 is 1.31 bits per heavy atom. The van der Waals surface area contributed by atoms with E-state index in [9.17, 15) is 17.2 Å². The summed E-state index contributed by atoms with van der Waals surface area (Å²) in [4.78, 5) is 1.15. The van der Waals surface area contributed by atoms with Crippen LogP contribution < -0.4 is 10.6 Å². The van der Waals surface area contributed by atoms with E-state index in [0.717, 1.165) is 11.1 Å². The summed E-state index contributed by atoms with van der Waals surface area (Å²) in [6.07, 6.45) is 0. The third-order valence-electron chi connectivity index (χ3n) is 1.61. The Labute approximate surface area is 91.9 Å². The minimum Gasteiger partial charge on any atom is -0.399 e. The highest BCUT2D eigenvalue weighted by molar-refractivity contribution is 7.89. The van der Waals surface area contributed by atoms with Crippen LogP contribution in [0.3, 0.4) is 0 Å². The van der Waals surface area contributed by atoms with Gasteiger partial charge in [0.1, 0.15) is 4.90 Å². The van der Waals surface area contributed by atoms with Crippen LogP contribution in [-0.4, -0.2) is 27.5 Å². The Bertz CT molecular complexity index is 502. The van der Waals surface area contributed by atoms with E-state index in [1.54, 1.807) is 0 Å². The average Bonchev–Trinajstić information content (AvgIpc) is 2.08. The summed E-state index contributed by atoms with van der Waals surface area (Å²) in [6, 6.07) is 1.56. The van der Waals surface area contributed by atoms with Gasteiger partial charge in [-0.3, -0.25) is 0 Å². The molecule has 5 nitrogen and oxygen atoms in total. The molecule has 0 aliphatic rings. The lowest BCUT2D eigenvalue weighted by atomic mass is 10.3. The number of hydrogen-bond donors (Lipinski definition) is 2. The second kappa shape index (κ2) is 4.32. The van der Waals surface area contributed by atoms with Gasteiger partial charge in [-0.25, -0.2) is 22.2 Å². The number of nitrogen functional groups attached to an aromatic ring is 1. The van der Waals surface area contributed by atoms with Crippen molar-refractivity contribution in [2.45, 2.75) is 4.90 Å². The average molecular weight is 251 g/mol. The molecule has 0 aliphatic carbocycles. The van der Waals surface area contributed by atoms with Gasteiger partial charge in [-0.05, 0) is 12.1 Å². The number of hydrazine groups is 1. The van der Waals surface area contributed by atoms with E-state index in [0.29, 0.717) is 6.07 Å². The molecule has 0 bridgehead atoms. The zero-order valence-corrected chi connectivity index (χ0v) is 9.48. The SMILES string of the molecule is CN(C)NS(=O)(=O)c1cc(N)cc(F)c1F. The van der Waals surface area contributed by atoms with Crippen LogP contribution in [0.15, 0.2) is 17.0 Å². The van der Waals surface area contributed by atoms with Crippen LogP contribution in [0.5, 0.6) is 0 Å². The zero-order valence-electron chi connectivity index (χ0n) is 8.66. The van der Waals surface area contributed by atoms with Gasteiger partial charge in [0, 0.05) is 19.8 Å². The van der Waals surface area contributed by atoms with E-state index in [1.807, 2.05) is 4.83 Å². The summed E-state index contributed by atoms with van der Waals surface area (Å²) in [5.41, 5.74) is 5.07. The highest BCUT2D eigenvalue weighted by atomic mass is 32.2. The van der Waals surface area contributed by atoms with Crippen molar-refractivity contribution in [1.82, 2.24) is 9.84 Å². The first kappa shape index (κ1) is 12.8. The molecule has 0 radical (unpaired) electrons. The van der Waals surface area contributed by atoms with E-state index < -0.39 is 26.6 Å². The summed E-state index contributed by atoms with van der Waals surface area (Å²) < 4.78 is 49.3. The summed E-state index contributed by atoms with van der Waals surface area (Å²) in [7, 11) is -1.35. The van der Waals surface area contributed by atoms with Gasteiger partial charge in [0.25, 0.3) is 10.0 Å². The van der Waals surface area contributed by atoms with E-state index in [4.69, 9.17) is 5.73 Å². The van der Waals surface area contributed by atoms with Crippen molar-refractivity contribution in [3.05, 3.63) is 23.8 Å². The van der Waals surface area contributed by atoms with Crippen LogP contribution in [0.2, 0.25) is 0 Å². The van der Waals surface area contributed by atoms with Crippen molar-refractivity contribution in [2.75, 3.05) is 19.8 Å². The number of anilines is 1. The van der Waals surface area contributed by atoms with E-state index in [1.165, 1.54) is 14.1 Å². The Hall–Kier alpha value is -1.25. The maximum Gasteiger partial charge on any atom is 0.256 e. The molecule has 1 rings (SSSR count). The molecule has 0 aliphatic heterocycles. The molecule has 3 N–H and O–H groups in total. The molecule has 8 heteroatoms. The maximum atomic E-state index is 13.3. The molecular weight excluding hydrogens is 240 g/mol. The van der Waals surface area contributed by atoms with Crippen molar-refractivity contribution in [3.8, 4) is 0 Å². The molecule has 0 spiro atoms. The zero-order chi connectivity index (χ0) is 12.5. The number of nitrogens with two attached hydrogens (primary N) is 1. The first-order valence-corrected chi connectivity index (χ1v) is 5.66. The number of sulfonamides is 1. The second-order valence-corrected chi connectivity index (χ2v) is 4.93. The molecule has 0 saturated heterocycles. The van der Waals surface area contributed by atoms with Crippen molar-refractivity contribution in [2.24, 2.45) is 0 Å². The lowest BCUT2D eigenvalue weighted by molar-refractivity contribution is 0.362. The fraction of sp³-hybridized carbons (Fsp3) is 0.250. The predicted octanol–water partition coefficient (Wildman–Crippen LogP) is 0.302. The van der Waals surface area contributed by atoms with E-state index >= 15 is 0 Å². The first-order chi connectivity index (χ1) is 7.24. The molecule has 0 unspecified atom stereocenters. The van der Waals surface area contributed by atoms with Gasteiger partial charge < -0.3 is 5.73 Å². The number of nitrogens with one attached hydrogen (secondary N) is 1. The van der Waals surface area contributed by atoms with Gasteiger partial charge in [-0.1, -0.05) is 0 Å². The maximum absolute atomic E-state index is 13.3. The molecule has 1 aromatic carbocycles. The molecule has 0 saturated carbocycles. The molecule has 0 fully saturated rings. The van der Waals surface area contributed by atoms with Gasteiger partial charge in [-0.2, -0.15) is 0 Å². The third-order valence-corrected chi connectivity index (χ3v) is 3.09. The van der Waals surface area contributed by atoms with Gasteiger partial charge in [0.15, 0.2) is 11.6 Å². The molecular formula is C8H11F2N3O2S. The monoisotopic (exact) mass is 251 g/mol. The lowest BCUT2D eigenvalue weighted by Gasteiger charge is -2.13. The molecule has 90 valence electrons. The van der Waals surface area contributed by atoms with Crippen molar-refractivity contribution in [1.29, 1.82) is 0 Å². The Morgan fingerprint density at radius 2 is 1.88 bits per heavy atom. The Balaban J connectivity index is 3.33. The largest absolute Gasteiger partial charge is 0.399 e. The Kier molecular flexibility index (Phi) is 3.46. The van der Waals surface area contributed by atoms with Gasteiger partial charge in [-0.15, -0.1) is 4.83 Å². The number of halogens is 2. The highest BCUT2D eigenvalue weighted by Crippen LogP contribution is 2.20. The van der Waals surface area contributed by atoms with Crippen LogP contribution >= 0.6 is 0 Å². The summed E-state index contributed by atoms with van der Waals surface area (Å²) in [5, 5.41) is 1.09. The van der Waals surface area contributed by atoms with Crippen LogP contribution in [0.4, 0.5) is 14.5 Å². The highest BCUT2D eigenvalue weighted by Gasteiger charge is 2.23. The molecule has 0 heterocycles. The second-order valence-electron chi connectivity index (χ2n) is 3.30. The first-order valence-electron chi connectivity index (χ1n) is 4.18. The summed E-state index contributed by atoms with van der Waals surface area (Å²) in [5.74, 6) is -2.76. The molecule has 16 heavy (non-hydrogen) atoms. The summed E-state index contributed by atoms with van der Waals surface area (Å²) >= 11 is 0. The smallest absolute Gasteiger partial charge is 0.256 e.